The molecule has 0 bridgehead atoms. The number of oxazole rings is 1. The van der Waals surface area contributed by atoms with Crippen molar-refractivity contribution in [3.05, 3.63) is 51.1 Å². The Morgan fingerprint density at radius 1 is 1.44 bits per heavy atom. The molecule has 1 aromatic heterocycles. The number of aryl methyl sites for hydroxylation is 1. The van der Waals surface area contributed by atoms with Gasteiger partial charge in [-0.2, -0.15) is 0 Å². The fraction of sp³-hybridized carbons (Fsp3) is 0.250. The lowest BCUT2D eigenvalue weighted by Crippen LogP contribution is -1.99. The second-order valence-electron chi connectivity index (χ2n) is 3.84. The molecule has 2 rings (SSSR count). The minimum Gasteiger partial charge on any atom is -0.445 e. The van der Waals surface area contributed by atoms with Gasteiger partial charge in [0.25, 0.3) is 0 Å². The normalized spacial score (nSPS) is 12.6. The van der Waals surface area contributed by atoms with Gasteiger partial charge in [0.15, 0.2) is 0 Å². The summed E-state index contributed by atoms with van der Waals surface area (Å²) in [7, 11) is -1.05. The van der Waals surface area contributed by atoms with E-state index in [0.29, 0.717) is 22.4 Å². The lowest BCUT2D eigenvalue weighted by molar-refractivity contribution is 0.488. The lowest BCUT2D eigenvalue weighted by Gasteiger charge is -2.02. The summed E-state index contributed by atoms with van der Waals surface area (Å²) in [4.78, 5) is 4.04. The smallest absolute Gasteiger partial charge is 0.206 e. The lowest BCUT2D eigenvalue weighted by atomic mass is 10.2. The predicted molar refractivity (Wildman–Crippen MR) is 75.9 cm³/mol. The first-order chi connectivity index (χ1) is 8.54. The maximum atomic E-state index is 11.9. The van der Waals surface area contributed by atoms with Gasteiger partial charge in [0, 0.05) is 21.0 Å². The summed E-state index contributed by atoms with van der Waals surface area (Å²) >= 11 is 9.30. The molecule has 1 unspecified atom stereocenters. The number of benzene rings is 1. The van der Waals surface area contributed by atoms with Gasteiger partial charge in [-0.1, -0.05) is 17.7 Å². The molecule has 0 saturated heterocycles. The van der Waals surface area contributed by atoms with Crippen LogP contribution < -0.4 is 0 Å². The van der Waals surface area contributed by atoms with Crippen molar-refractivity contribution < 1.29 is 8.63 Å². The van der Waals surface area contributed by atoms with E-state index in [2.05, 4.69) is 20.9 Å². The summed E-state index contributed by atoms with van der Waals surface area (Å²) in [6, 6.07) is 5.56. The van der Waals surface area contributed by atoms with E-state index in [0.717, 1.165) is 15.8 Å². The zero-order chi connectivity index (χ0) is 13.1. The van der Waals surface area contributed by atoms with E-state index in [-0.39, 0.29) is 0 Å². The van der Waals surface area contributed by atoms with Crippen LogP contribution in [0.5, 0.6) is 0 Å². The largest absolute Gasteiger partial charge is 0.445 e. The first kappa shape index (κ1) is 13.8. The molecule has 2 aromatic rings. The van der Waals surface area contributed by atoms with Crippen LogP contribution in [0.25, 0.3) is 0 Å². The number of nitrogens with zero attached hydrogens (tertiary/aromatic N) is 1. The summed E-state index contributed by atoms with van der Waals surface area (Å²) in [6.07, 6.45) is 1.63. The number of hydrogen-bond donors (Lipinski definition) is 0. The highest BCUT2D eigenvalue weighted by Crippen LogP contribution is 2.24. The van der Waals surface area contributed by atoms with E-state index in [9.17, 15) is 4.21 Å². The standard InChI is InChI=1S/C12H11BrClNO2S/c1-8-5-15-12(17-8)7-18(16)6-9-2-3-10(13)11(14)4-9/h2-5H,6-7H2,1H3. The van der Waals surface area contributed by atoms with Gasteiger partial charge in [-0.05, 0) is 40.5 Å². The highest BCUT2D eigenvalue weighted by molar-refractivity contribution is 9.10. The Labute approximate surface area is 121 Å². The van der Waals surface area contributed by atoms with E-state index in [1.165, 1.54) is 0 Å². The predicted octanol–water partition coefficient (Wildman–Crippen LogP) is 3.85. The van der Waals surface area contributed by atoms with Crippen LogP contribution in [0.4, 0.5) is 0 Å². The number of hydrogen-bond acceptors (Lipinski definition) is 3. The fourth-order valence-electron chi connectivity index (χ4n) is 1.47. The van der Waals surface area contributed by atoms with Crippen LogP contribution in [-0.2, 0) is 22.3 Å². The Morgan fingerprint density at radius 3 is 2.83 bits per heavy atom. The van der Waals surface area contributed by atoms with Crippen LogP contribution in [0.3, 0.4) is 0 Å². The van der Waals surface area contributed by atoms with Crippen molar-refractivity contribution in [1.29, 1.82) is 0 Å². The first-order valence-electron chi connectivity index (χ1n) is 5.25. The minimum atomic E-state index is -1.05. The van der Waals surface area contributed by atoms with Crippen LogP contribution in [-0.4, -0.2) is 9.19 Å². The number of aromatic nitrogens is 1. The first-order valence-corrected chi connectivity index (χ1v) is 7.90. The maximum absolute atomic E-state index is 11.9. The average molecular weight is 349 g/mol. The van der Waals surface area contributed by atoms with Gasteiger partial charge in [0.1, 0.15) is 11.5 Å². The van der Waals surface area contributed by atoms with Crippen molar-refractivity contribution in [3.8, 4) is 0 Å². The highest BCUT2D eigenvalue weighted by Gasteiger charge is 2.09. The molecule has 18 heavy (non-hydrogen) atoms. The summed E-state index contributed by atoms with van der Waals surface area (Å²) < 4.78 is 18.1. The fourth-order valence-corrected chi connectivity index (χ4v) is 2.98. The molecule has 1 atom stereocenters. The van der Waals surface area contributed by atoms with Crippen molar-refractivity contribution in [1.82, 2.24) is 4.98 Å². The molecule has 1 aromatic carbocycles. The van der Waals surface area contributed by atoms with Crippen LogP contribution >= 0.6 is 27.5 Å². The number of halogens is 2. The molecule has 3 nitrogen and oxygen atoms in total. The third kappa shape index (κ3) is 3.67. The van der Waals surface area contributed by atoms with Crippen molar-refractivity contribution in [2.24, 2.45) is 0 Å². The minimum absolute atomic E-state index is 0.321. The quantitative estimate of drug-likeness (QED) is 0.843. The van der Waals surface area contributed by atoms with Gasteiger partial charge in [0.2, 0.25) is 5.89 Å². The van der Waals surface area contributed by atoms with Crippen LogP contribution in [0, 0.1) is 6.92 Å². The third-order valence-corrected chi connectivity index (χ3v) is 4.72. The molecule has 6 heteroatoms. The summed E-state index contributed by atoms with van der Waals surface area (Å²) in [5, 5.41) is 0.622. The van der Waals surface area contributed by atoms with Crippen molar-refractivity contribution in [2.75, 3.05) is 0 Å². The molecule has 0 fully saturated rings. The van der Waals surface area contributed by atoms with Crippen molar-refractivity contribution >= 4 is 38.3 Å². The Bertz CT molecular complexity index is 585. The van der Waals surface area contributed by atoms with Gasteiger partial charge in [-0.25, -0.2) is 4.98 Å². The van der Waals surface area contributed by atoms with E-state index >= 15 is 0 Å². The van der Waals surface area contributed by atoms with Crippen LogP contribution in [0.1, 0.15) is 17.2 Å². The molecule has 1 heterocycles. The summed E-state index contributed by atoms with van der Waals surface area (Å²) in [5.41, 5.74) is 0.935. The van der Waals surface area contributed by atoms with Crippen LogP contribution in [0.2, 0.25) is 5.02 Å². The summed E-state index contributed by atoms with van der Waals surface area (Å²) in [6.45, 7) is 1.81. The topological polar surface area (TPSA) is 43.1 Å². The van der Waals surface area contributed by atoms with Gasteiger partial charge in [0.05, 0.1) is 11.2 Å². The highest BCUT2D eigenvalue weighted by atomic mass is 79.9. The molecule has 0 aliphatic rings. The Morgan fingerprint density at radius 2 is 2.22 bits per heavy atom. The van der Waals surface area contributed by atoms with Gasteiger partial charge < -0.3 is 4.42 Å². The van der Waals surface area contributed by atoms with E-state index in [1.807, 2.05) is 25.1 Å². The molecule has 0 aliphatic carbocycles. The maximum Gasteiger partial charge on any atom is 0.206 e. The Hall–Kier alpha value is -0.650. The summed E-state index contributed by atoms with van der Waals surface area (Å²) in [5.74, 6) is 2.00. The van der Waals surface area contributed by atoms with E-state index < -0.39 is 10.8 Å². The zero-order valence-corrected chi connectivity index (χ0v) is 12.8. The molecular weight excluding hydrogens is 338 g/mol. The molecule has 96 valence electrons. The van der Waals surface area contributed by atoms with Crippen molar-refractivity contribution in [3.63, 3.8) is 0 Å². The Kier molecular flexibility index (Phi) is 4.59. The molecule has 0 aliphatic heterocycles. The third-order valence-electron chi connectivity index (χ3n) is 2.27. The Balaban J connectivity index is 2.00. The second kappa shape index (κ2) is 5.99. The molecular formula is C12H11BrClNO2S. The SMILES string of the molecule is Cc1cnc(CS(=O)Cc2ccc(Br)c(Cl)c2)o1. The van der Waals surface area contributed by atoms with Crippen LogP contribution in [0.15, 0.2) is 33.3 Å². The monoisotopic (exact) mass is 347 g/mol. The van der Waals surface area contributed by atoms with Gasteiger partial charge in [-0.15, -0.1) is 0 Å². The van der Waals surface area contributed by atoms with E-state index in [4.69, 9.17) is 16.0 Å². The zero-order valence-electron chi connectivity index (χ0n) is 9.65. The molecule has 0 saturated carbocycles. The molecule has 0 amide bonds. The second-order valence-corrected chi connectivity index (χ2v) is 6.56. The number of rotatable bonds is 4. The molecule has 0 N–H and O–H groups in total. The van der Waals surface area contributed by atoms with Crippen molar-refractivity contribution in [2.45, 2.75) is 18.4 Å². The molecule has 0 radical (unpaired) electrons. The van der Waals surface area contributed by atoms with Gasteiger partial charge in [-0.3, -0.25) is 4.21 Å². The van der Waals surface area contributed by atoms with E-state index in [1.54, 1.807) is 6.20 Å². The van der Waals surface area contributed by atoms with Gasteiger partial charge >= 0.3 is 0 Å². The average Bonchev–Trinajstić information content (AvgIpc) is 2.69. The molecule has 0 spiro atoms.